The summed E-state index contributed by atoms with van der Waals surface area (Å²) in [5.74, 6) is 0.329. The molecule has 1 fully saturated rings. The number of oxime groups is 1. The second-order valence-corrected chi connectivity index (χ2v) is 5.83. The van der Waals surface area contributed by atoms with Gasteiger partial charge in [-0.25, -0.2) is 0 Å². The van der Waals surface area contributed by atoms with E-state index in [0.717, 1.165) is 10.2 Å². The van der Waals surface area contributed by atoms with Crippen molar-refractivity contribution in [1.82, 2.24) is 0 Å². The summed E-state index contributed by atoms with van der Waals surface area (Å²) in [6.45, 7) is 0. The van der Waals surface area contributed by atoms with Gasteiger partial charge in [-0.15, -0.1) is 35.3 Å². The van der Waals surface area contributed by atoms with Crippen molar-refractivity contribution in [3.8, 4) is 0 Å². The molecule has 0 aromatic rings. The fourth-order valence-corrected chi connectivity index (χ4v) is 4.98. The van der Waals surface area contributed by atoms with Crippen LogP contribution in [-0.4, -0.2) is 25.8 Å². The summed E-state index contributed by atoms with van der Waals surface area (Å²) in [5, 5.41) is 13.3. The van der Waals surface area contributed by atoms with Gasteiger partial charge < -0.3 is 10.9 Å². The SMILES string of the molecule is NC(=NO)C1SCSCS1. The van der Waals surface area contributed by atoms with Crippen molar-refractivity contribution in [2.45, 2.75) is 4.58 Å². The summed E-state index contributed by atoms with van der Waals surface area (Å²) in [5.41, 5.74) is 5.40. The molecule has 3 nitrogen and oxygen atoms in total. The molecular formula is C4H8N2OS3. The molecule has 1 heterocycles. The third kappa shape index (κ3) is 2.17. The second kappa shape index (κ2) is 4.25. The summed E-state index contributed by atoms with van der Waals surface area (Å²) in [4.78, 5) is 0. The van der Waals surface area contributed by atoms with Gasteiger partial charge in [-0.05, 0) is 0 Å². The first-order valence-electron chi connectivity index (χ1n) is 2.63. The Morgan fingerprint density at radius 2 is 2.10 bits per heavy atom. The van der Waals surface area contributed by atoms with Gasteiger partial charge in [0.15, 0.2) is 5.84 Å². The minimum absolute atomic E-state index is 0.159. The summed E-state index contributed by atoms with van der Waals surface area (Å²) in [6, 6.07) is 0. The Labute approximate surface area is 72.2 Å². The van der Waals surface area contributed by atoms with E-state index in [4.69, 9.17) is 10.9 Å². The molecule has 1 aliphatic rings. The van der Waals surface area contributed by atoms with Gasteiger partial charge in [-0.3, -0.25) is 0 Å². The average Bonchev–Trinajstić information content (AvgIpc) is 2.05. The zero-order valence-electron chi connectivity index (χ0n) is 5.19. The maximum atomic E-state index is 8.32. The zero-order valence-corrected chi connectivity index (χ0v) is 7.64. The van der Waals surface area contributed by atoms with E-state index in [1.54, 1.807) is 23.5 Å². The van der Waals surface area contributed by atoms with Gasteiger partial charge in [0, 0.05) is 10.2 Å². The van der Waals surface area contributed by atoms with E-state index in [2.05, 4.69) is 5.16 Å². The Hall–Kier alpha value is 0.320. The molecule has 0 saturated carbocycles. The van der Waals surface area contributed by atoms with Crippen LogP contribution < -0.4 is 5.73 Å². The van der Waals surface area contributed by atoms with E-state index in [0.29, 0.717) is 5.84 Å². The molecule has 0 radical (unpaired) electrons. The van der Waals surface area contributed by atoms with E-state index < -0.39 is 0 Å². The highest BCUT2D eigenvalue weighted by Crippen LogP contribution is 2.35. The maximum Gasteiger partial charge on any atom is 0.162 e. The lowest BCUT2D eigenvalue weighted by Gasteiger charge is -2.18. The maximum absolute atomic E-state index is 8.32. The molecule has 1 saturated heterocycles. The summed E-state index contributed by atoms with van der Waals surface area (Å²) < 4.78 is 0.159. The van der Waals surface area contributed by atoms with Crippen LogP contribution in [0.5, 0.6) is 0 Å². The summed E-state index contributed by atoms with van der Waals surface area (Å²) >= 11 is 5.27. The minimum Gasteiger partial charge on any atom is -0.409 e. The van der Waals surface area contributed by atoms with Crippen LogP contribution in [0, 0.1) is 0 Å². The van der Waals surface area contributed by atoms with Crippen molar-refractivity contribution >= 4 is 41.1 Å². The standard InChI is InChI=1S/C4H8N2OS3/c5-3(6-7)4-9-1-8-2-10-4/h4,7H,1-2H2,(H2,5,6). The van der Waals surface area contributed by atoms with Crippen LogP contribution >= 0.6 is 35.3 Å². The molecule has 0 unspecified atom stereocenters. The predicted octanol–water partition coefficient (Wildman–Crippen LogP) is 1.19. The highest BCUT2D eigenvalue weighted by Gasteiger charge is 2.18. The highest BCUT2D eigenvalue weighted by atomic mass is 32.3. The molecule has 1 rings (SSSR count). The molecule has 0 atom stereocenters. The Kier molecular flexibility index (Phi) is 3.58. The Bertz CT molecular complexity index is 134. The molecule has 58 valence electrons. The summed E-state index contributed by atoms with van der Waals surface area (Å²) in [6.07, 6.45) is 0. The predicted molar refractivity (Wildman–Crippen MR) is 49.7 cm³/mol. The molecule has 0 amide bonds. The Morgan fingerprint density at radius 3 is 2.60 bits per heavy atom. The van der Waals surface area contributed by atoms with Crippen molar-refractivity contribution < 1.29 is 5.21 Å². The van der Waals surface area contributed by atoms with E-state index in [9.17, 15) is 0 Å². The Balaban J connectivity index is 2.39. The quantitative estimate of drug-likeness (QED) is 0.285. The average molecular weight is 196 g/mol. The number of nitrogens with zero attached hydrogens (tertiary/aromatic N) is 1. The van der Waals surface area contributed by atoms with Gasteiger partial charge in [-0.1, -0.05) is 5.16 Å². The first-order chi connectivity index (χ1) is 4.84. The van der Waals surface area contributed by atoms with Crippen LogP contribution in [0.25, 0.3) is 0 Å². The smallest absolute Gasteiger partial charge is 0.162 e. The van der Waals surface area contributed by atoms with E-state index in [1.165, 1.54) is 0 Å². The largest absolute Gasteiger partial charge is 0.409 e. The first-order valence-corrected chi connectivity index (χ1v) is 5.88. The van der Waals surface area contributed by atoms with Gasteiger partial charge in [-0.2, -0.15) is 0 Å². The number of hydrogen-bond acceptors (Lipinski definition) is 5. The molecule has 1 aliphatic heterocycles. The van der Waals surface area contributed by atoms with Gasteiger partial charge >= 0.3 is 0 Å². The first kappa shape index (κ1) is 8.42. The third-order valence-electron chi connectivity index (χ3n) is 0.962. The zero-order chi connectivity index (χ0) is 7.40. The second-order valence-electron chi connectivity index (χ2n) is 1.63. The molecule has 0 spiro atoms. The molecular weight excluding hydrogens is 188 g/mol. The van der Waals surface area contributed by atoms with Crippen LogP contribution in [0.2, 0.25) is 0 Å². The van der Waals surface area contributed by atoms with Crippen LogP contribution in [0.1, 0.15) is 0 Å². The molecule has 10 heavy (non-hydrogen) atoms. The molecule has 0 aromatic carbocycles. The van der Waals surface area contributed by atoms with Crippen LogP contribution in [0.4, 0.5) is 0 Å². The lowest BCUT2D eigenvalue weighted by atomic mass is 10.7. The molecule has 0 aromatic heterocycles. The number of hydrogen-bond donors (Lipinski definition) is 2. The minimum atomic E-state index is 0.159. The Morgan fingerprint density at radius 1 is 1.50 bits per heavy atom. The third-order valence-corrected chi connectivity index (χ3v) is 5.29. The van der Waals surface area contributed by atoms with Crippen molar-refractivity contribution in [3.05, 3.63) is 0 Å². The fraction of sp³-hybridized carbons (Fsp3) is 0.750. The lowest BCUT2D eigenvalue weighted by molar-refractivity contribution is 0.318. The number of thioether (sulfide) groups is 3. The van der Waals surface area contributed by atoms with E-state index in [1.807, 2.05) is 11.8 Å². The van der Waals surface area contributed by atoms with Crippen molar-refractivity contribution in [2.75, 3.05) is 10.2 Å². The number of rotatable bonds is 1. The molecule has 0 bridgehead atoms. The van der Waals surface area contributed by atoms with E-state index >= 15 is 0 Å². The highest BCUT2D eigenvalue weighted by molar-refractivity contribution is 8.33. The van der Waals surface area contributed by atoms with Gasteiger partial charge in [0.25, 0.3) is 0 Å². The van der Waals surface area contributed by atoms with Crippen LogP contribution in [0.3, 0.4) is 0 Å². The van der Waals surface area contributed by atoms with Gasteiger partial charge in [0.1, 0.15) is 4.58 Å². The molecule has 3 N–H and O–H groups in total. The van der Waals surface area contributed by atoms with Crippen molar-refractivity contribution in [2.24, 2.45) is 10.9 Å². The fourth-order valence-electron chi connectivity index (χ4n) is 0.520. The van der Waals surface area contributed by atoms with Crippen LogP contribution in [-0.2, 0) is 0 Å². The number of nitrogens with two attached hydrogens (primary N) is 1. The number of amidine groups is 1. The molecule has 0 aliphatic carbocycles. The van der Waals surface area contributed by atoms with Crippen LogP contribution in [0.15, 0.2) is 5.16 Å². The van der Waals surface area contributed by atoms with Crippen molar-refractivity contribution in [1.29, 1.82) is 0 Å². The monoisotopic (exact) mass is 196 g/mol. The van der Waals surface area contributed by atoms with E-state index in [-0.39, 0.29) is 4.58 Å². The summed E-state index contributed by atoms with van der Waals surface area (Å²) in [7, 11) is 0. The van der Waals surface area contributed by atoms with Gasteiger partial charge in [0.05, 0.1) is 0 Å². The normalized spacial score (nSPS) is 23.0. The van der Waals surface area contributed by atoms with Crippen molar-refractivity contribution in [3.63, 3.8) is 0 Å². The molecule has 6 heteroatoms. The topological polar surface area (TPSA) is 58.6 Å². The lowest BCUT2D eigenvalue weighted by Crippen LogP contribution is -2.25. The van der Waals surface area contributed by atoms with Gasteiger partial charge in [0.2, 0.25) is 0 Å².